The first kappa shape index (κ1) is 41.9. The van der Waals surface area contributed by atoms with E-state index < -0.39 is 12.0 Å². The number of nitrogens with one attached hydrogen (secondary N) is 1. The fourth-order valence-electron chi connectivity index (χ4n) is 5.23. The van der Waals surface area contributed by atoms with E-state index >= 15 is 0 Å². The van der Waals surface area contributed by atoms with E-state index in [1.165, 1.54) is 70.6 Å². The van der Waals surface area contributed by atoms with Crippen molar-refractivity contribution in [1.82, 2.24) is 5.32 Å². The lowest BCUT2D eigenvalue weighted by Gasteiger charge is -2.15. The average Bonchev–Trinajstić information content (AvgIpc) is 3.00. The summed E-state index contributed by atoms with van der Waals surface area (Å²) in [6.45, 7) is 4.83. The zero-order valence-electron chi connectivity index (χ0n) is 28.5. The third-order valence-corrected chi connectivity index (χ3v) is 7.98. The van der Waals surface area contributed by atoms with Crippen molar-refractivity contribution in [3.63, 3.8) is 0 Å². The van der Waals surface area contributed by atoms with Gasteiger partial charge in [-0.2, -0.15) is 0 Å². The maximum absolute atomic E-state index is 12.6. The van der Waals surface area contributed by atoms with E-state index in [1.807, 2.05) is 6.08 Å². The number of carbonyl (C=O) groups excluding carboxylic acids is 2. The quantitative estimate of drug-likeness (QED) is 0.0392. The predicted molar refractivity (Wildman–Crippen MR) is 184 cm³/mol. The van der Waals surface area contributed by atoms with Gasteiger partial charge in [-0.3, -0.25) is 9.59 Å². The summed E-state index contributed by atoms with van der Waals surface area (Å²) in [5.41, 5.74) is 5.46. The van der Waals surface area contributed by atoms with Gasteiger partial charge < -0.3 is 20.9 Å². The summed E-state index contributed by atoms with van der Waals surface area (Å²) >= 11 is 0. The number of carbonyl (C=O) groups is 3. The molecule has 0 saturated carbocycles. The smallest absolute Gasteiger partial charge is 0.326 e. The highest BCUT2D eigenvalue weighted by atomic mass is 16.5. The highest BCUT2D eigenvalue weighted by Crippen LogP contribution is 2.15. The van der Waals surface area contributed by atoms with Gasteiger partial charge in [-0.15, -0.1) is 0 Å². The van der Waals surface area contributed by atoms with Crippen LogP contribution >= 0.6 is 0 Å². The topological polar surface area (TPSA) is 119 Å². The van der Waals surface area contributed by atoms with Gasteiger partial charge in [-0.05, 0) is 64.0 Å². The van der Waals surface area contributed by atoms with Crippen molar-refractivity contribution in [2.24, 2.45) is 5.73 Å². The number of carboxylic acids is 1. The summed E-state index contributed by atoms with van der Waals surface area (Å²) < 4.78 is 5.85. The molecule has 0 aromatic heterocycles. The molecule has 0 saturated heterocycles. The number of rotatable bonds is 32. The number of nitrogens with two attached hydrogens (primary N) is 1. The molecular formula is C37H68N2O5. The number of allylic oxidation sites excluding steroid dienone is 3. The Kier molecular flexibility index (Phi) is 30.7. The van der Waals surface area contributed by atoms with Gasteiger partial charge >= 0.3 is 11.9 Å². The molecule has 0 heterocycles. The summed E-state index contributed by atoms with van der Waals surface area (Å²) in [5, 5.41) is 11.9. The van der Waals surface area contributed by atoms with E-state index in [2.05, 4.69) is 37.4 Å². The number of hydrogen-bond donors (Lipinski definition) is 3. The molecule has 0 aromatic carbocycles. The number of hydrogen-bond acceptors (Lipinski definition) is 5. The summed E-state index contributed by atoms with van der Waals surface area (Å²) in [5.74, 6) is -1.35. The largest absolute Gasteiger partial charge is 0.480 e. The second-order valence-electron chi connectivity index (χ2n) is 12.3. The minimum Gasteiger partial charge on any atom is -0.480 e. The summed E-state index contributed by atoms with van der Waals surface area (Å²) in [6, 6.07) is -0.871. The number of aliphatic carboxylic acids is 1. The zero-order valence-corrected chi connectivity index (χ0v) is 28.5. The molecule has 0 aliphatic heterocycles. The molecule has 2 atom stereocenters. The molecule has 1 amide bonds. The summed E-state index contributed by atoms with van der Waals surface area (Å²) in [7, 11) is 0. The Morgan fingerprint density at radius 3 is 1.82 bits per heavy atom. The first-order valence-electron chi connectivity index (χ1n) is 18.2. The molecule has 0 spiro atoms. The first-order chi connectivity index (χ1) is 21.4. The molecule has 0 bridgehead atoms. The SMILES string of the molecule is CCC/C=C\C/C=C\C(CCCCCCC(=O)NC(CCCN)C(=O)O)OC(=O)CCCCCCCCCCCCCCC. The van der Waals surface area contributed by atoms with Gasteiger partial charge in [0.15, 0.2) is 0 Å². The van der Waals surface area contributed by atoms with E-state index in [9.17, 15) is 19.5 Å². The van der Waals surface area contributed by atoms with E-state index in [1.54, 1.807) is 0 Å². The lowest BCUT2D eigenvalue weighted by Crippen LogP contribution is -2.40. The second kappa shape index (κ2) is 32.2. The fraction of sp³-hybridized carbons (Fsp3) is 0.811. The molecule has 4 N–H and O–H groups in total. The molecule has 7 nitrogen and oxygen atoms in total. The highest BCUT2D eigenvalue weighted by Gasteiger charge is 2.19. The van der Waals surface area contributed by atoms with Crippen LogP contribution in [0.25, 0.3) is 0 Å². The van der Waals surface area contributed by atoms with Gasteiger partial charge in [-0.25, -0.2) is 4.79 Å². The van der Waals surface area contributed by atoms with Crippen LogP contribution < -0.4 is 11.1 Å². The van der Waals surface area contributed by atoms with E-state index in [-0.39, 0.29) is 18.0 Å². The number of esters is 1. The molecule has 0 fully saturated rings. The Hall–Kier alpha value is -2.15. The van der Waals surface area contributed by atoms with Gasteiger partial charge in [0, 0.05) is 12.8 Å². The zero-order chi connectivity index (χ0) is 32.5. The van der Waals surface area contributed by atoms with Crippen LogP contribution in [0.5, 0.6) is 0 Å². The van der Waals surface area contributed by atoms with Crippen LogP contribution in [0, 0.1) is 0 Å². The molecule has 0 radical (unpaired) electrons. The van der Waals surface area contributed by atoms with Crippen LogP contribution in [0.15, 0.2) is 24.3 Å². The molecular weight excluding hydrogens is 552 g/mol. The Bertz CT molecular complexity index is 752. The summed E-state index contributed by atoms with van der Waals surface area (Å²) in [4.78, 5) is 36.0. The van der Waals surface area contributed by atoms with Crippen molar-refractivity contribution in [2.45, 2.75) is 187 Å². The molecule has 0 aromatic rings. The minimum absolute atomic E-state index is 0.108. The Morgan fingerprint density at radius 2 is 1.25 bits per heavy atom. The standard InChI is InChI=1S/C37H68N2O5/c1-3-5-7-9-11-12-13-14-15-16-17-19-25-31-36(41)44-33(27-22-18-10-8-6-4-2)28-23-20-21-24-30-35(40)39-34(37(42)43)29-26-32-38/h8,10,22,27,33-34H,3-7,9,11-21,23-26,28-32,38H2,1-2H3,(H,39,40)(H,42,43)/b10-8-,27-22-. The van der Waals surface area contributed by atoms with Gasteiger partial charge in [-0.1, -0.05) is 128 Å². The number of ether oxygens (including phenoxy) is 1. The van der Waals surface area contributed by atoms with Crippen molar-refractivity contribution >= 4 is 17.8 Å². The average molecular weight is 621 g/mol. The fourth-order valence-corrected chi connectivity index (χ4v) is 5.23. The highest BCUT2D eigenvalue weighted by molar-refractivity contribution is 5.83. The lowest BCUT2D eigenvalue weighted by atomic mass is 10.0. The van der Waals surface area contributed by atoms with Crippen LogP contribution in [-0.4, -0.2) is 41.6 Å². The van der Waals surface area contributed by atoms with Crippen LogP contribution in [0.4, 0.5) is 0 Å². The predicted octanol–water partition coefficient (Wildman–Crippen LogP) is 9.33. The molecule has 0 aliphatic carbocycles. The van der Waals surface area contributed by atoms with Gasteiger partial charge in [0.25, 0.3) is 0 Å². The molecule has 7 heteroatoms. The van der Waals surface area contributed by atoms with Crippen molar-refractivity contribution in [2.75, 3.05) is 6.54 Å². The molecule has 0 aliphatic rings. The van der Waals surface area contributed by atoms with Gasteiger partial charge in [0.1, 0.15) is 12.1 Å². The maximum atomic E-state index is 12.6. The minimum atomic E-state index is -1.02. The molecule has 256 valence electrons. The van der Waals surface area contributed by atoms with E-state index in [0.29, 0.717) is 38.6 Å². The van der Waals surface area contributed by atoms with Crippen LogP contribution in [0.2, 0.25) is 0 Å². The third-order valence-electron chi connectivity index (χ3n) is 7.98. The number of unbranched alkanes of at least 4 members (excludes halogenated alkanes) is 16. The Morgan fingerprint density at radius 1 is 0.682 bits per heavy atom. The van der Waals surface area contributed by atoms with Crippen LogP contribution in [0.3, 0.4) is 0 Å². The van der Waals surface area contributed by atoms with Gasteiger partial charge in [0.05, 0.1) is 0 Å². The van der Waals surface area contributed by atoms with Crippen LogP contribution in [0.1, 0.15) is 174 Å². The normalized spacial score (nSPS) is 13.0. The maximum Gasteiger partial charge on any atom is 0.326 e. The van der Waals surface area contributed by atoms with E-state index in [0.717, 1.165) is 57.8 Å². The second-order valence-corrected chi connectivity index (χ2v) is 12.3. The molecule has 2 unspecified atom stereocenters. The monoisotopic (exact) mass is 621 g/mol. The summed E-state index contributed by atoms with van der Waals surface area (Å²) in [6.07, 6.45) is 33.9. The Labute approximate surface area is 270 Å². The van der Waals surface area contributed by atoms with Crippen molar-refractivity contribution < 1.29 is 24.2 Å². The number of amides is 1. The van der Waals surface area contributed by atoms with Crippen molar-refractivity contribution in [3.05, 3.63) is 24.3 Å². The first-order valence-corrected chi connectivity index (χ1v) is 18.2. The number of carboxylic acid groups (broad SMARTS) is 1. The Balaban J connectivity index is 4.25. The molecule has 44 heavy (non-hydrogen) atoms. The van der Waals surface area contributed by atoms with E-state index in [4.69, 9.17) is 10.5 Å². The lowest BCUT2D eigenvalue weighted by molar-refractivity contribution is -0.147. The van der Waals surface area contributed by atoms with Crippen molar-refractivity contribution in [1.29, 1.82) is 0 Å². The van der Waals surface area contributed by atoms with Crippen molar-refractivity contribution in [3.8, 4) is 0 Å². The van der Waals surface area contributed by atoms with Gasteiger partial charge in [0.2, 0.25) is 5.91 Å². The van der Waals surface area contributed by atoms with Crippen LogP contribution in [-0.2, 0) is 19.1 Å². The third kappa shape index (κ3) is 28.6. The molecule has 0 rings (SSSR count).